The normalized spacial score (nSPS) is 13.3. The van der Waals surface area contributed by atoms with Crippen LogP contribution in [0.25, 0.3) is 0 Å². The minimum atomic E-state index is 0.507. The summed E-state index contributed by atoms with van der Waals surface area (Å²) in [7, 11) is 0. The molecule has 1 unspecified atom stereocenters. The van der Waals surface area contributed by atoms with Crippen LogP contribution in [0.1, 0.15) is 31.2 Å². The highest BCUT2D eigenvalue weighted by atomic mass is 32.1. The predicted octanol–water partition coefficient (Wildman–Crippen LogP) is 2.20. The van der Waals surface area contributed by atoms with Gasteiger partial charge in [-0.3, -0.25) is 4.98 Å². The first-order chi connectivity index (χ1) is 5.38. The average molecular weight is 170 g/mol. The number of aromatic nitrogens is 1. The Labute approximate surface area is 71.7 Å². The molecule has 1 heterocycles. The maximum atomic E-state index is 4.05. The predicted molar refractivity (Wildman–Crippen MR) is 48.8 cm³/mol. The van der Waals surface area contributed by atoms with Crippen molar-refractivity contribution in [3.05, 3.63) is 16.6 Å². The lowest BCUT2D eigenvalue weighted by Gasteiger charge is -2.12. The van der Waals surface area contributed by atoms with Crippen molar-refractivity contribution in [2.45, 2.75) is 26.3 Å². The van der Waals surface area contributed by atoms with E-state index in [-0.39, 0.29) is 0 Å². The van der Waals surface area contributed by atoms with E-state index in [1.807, 2.05) is 11.7 Å². The molecule has 3 heteroatoms. The highest BCUT2D eigenvalue weighted by Gasteiger charge is 2.07. The van der Waals surface area contributed by atoms with E-state index in [4.69, 9.17) is 0 Å². The van der Waals surface area contributed by atoms with Crippen LogP contribution >= 0.6 is 11.3 Å². The van der Waals surface area contributed by atoms with Crippen LogP contribution in [-0.2, 0) is 0 Å². The highest BCUT2D eigenvalue weighted by molar-refractivity contribution is 7.09. The monoisotopic (exact) mass is 170 g/mol. The molecule has 0 spiro atoms. The Hall–Kier alpha value is -0.410. The second-order valence-electron chi connectivity index (χ2n) is 2.42. The molecule has 0 radical (unpaired) electrons. The van der Waals surface area contributed by atoms with Crippen LogP contribution < -0.4 is 5.32 Å². The SMILES string of the molecule is CCNC(CC)c1cncs1. The van der Waals surface area contributed by atoms with Crippen molar-refractivity contribution in [3.63, 3.8) is 0 Å². The highest BCUT2D eigenvalue weighted by Crippen LogP contribution is 2.19. The Morgan fingerprint density at radius 1 is 1.64 bits per heavy atom. The molecule has 1 N–H and O–H groups in total. The van der Waals surface area contributed by atoms with Crippen LogP contribution in [0.4, 0.5) is 0 Å². The van der Waals surface area contributed by atoms with Crippen LogP contribution in [0.5, 0.6) is 0 Å². The van der Waals surface area contributed by atoms with Gasteiger partial charge in [-0.15, -0.1) is 11.3 Å². The Bertz CT molecular complexity index is 184. The van der Waals surface area contributed by atoms with Gasteiger partial charge in [-0.05, 0) is 13.0 Å². The number of hydrogen-bond acceptors (Lipinski definition) is 3. The van der Waals surface area contributed by atoms with Crippen molar-refractivity contribution in [2.75, 3.05) is 6.54 Å². The van der Waals surface area contributed by atoms with Crippen molar-refractivity contribution >= 4 is 11.3 Å². The molecule has 0 aliphatic rings. The maximum absolute atomic E-state index is 4.05. The summed E-state index contributed by atoms with van der Waals surface area (Å²) in [6.45, 7) is 5.34. The standard InChI is InChI=1S/C8H14N2S/c1-3-7(10-4-2)8-5-9-6-11-8/h5-7,10H,3-4H2,1-2H3. The summed E-state index contributed by atoms with van der Waals surface area (Å²) < 4.78 is 0. The summed E-state index contributed by atoms with van der Waals surface area (Å²) in [5.41, 5.74) is 1.88. The Morgan fingerprint density at radius 3 is 2.91 bits per heavy atom. The molecule has 1 atom stereocenters. The summed E-state index contributed by atoms with van der Waals surface area (Å²) in [6.07, 6.45) is 3.08. The van der Waals surface area contributed by atoms with Crippen molar-refractivity contribution in [2.24, 2.45) is 0 Å². The lowest BCUT2D eigenvalue weighted by Crippen LogP contribution is -2.18. The zero-order valence-corrected chi connectivity index (χ0v) is 7.82. The number of hydrogen-bond donors (Lipinski definition) is 1. The van der Waals surface area contributed by atoms with Gasteiger partial charge in [-0.1, -0.05) is 13.8 Å². The van der Waals surface area contributed by atoms with Gasteiger partial charge >= 0.3 is 0 Å². The van der Waals surface area contributed by atoms with E-state index in [1.54, 1.807) is 11.3 Å². The molecule has 0 fully saturated rings. The minimum absolute atomic E-state index is 0.507. The van der Waals surface area contributed by atoms with Crippen molar-refractivity contribution in [1.82, 2.24) is 10.3 Å². The molecule has 1 aromatic heterocycles. The van der Waals surface area contributed by atoms with E-state index in [0.717, 1.165) is 13.0 Å². The Kier molecular flexibility index (Phi) is 3.52. The topological polar surface area (TPSA) is 24.9 Å². The second kappa shape index (κ2) is 4.46. The third kappa shape index (κ3) is 2.27. The Morgan fingerprint density at radius 2 is 2.45 bits per heavy atom. The molecule has 0 bridgehead atoms. The second-order valence-corrected chi connectivity index (χ2v) is 3.34. The molecule has 0 amide bonds. The Balaban J connectivity index is 2.56. The van der Waals surface area contributed by atoms with E-state index < -0.39 is 0 Å². The van der Waals surface area contributed by atoms with E-state index in [9.17, 15) is 0 Å². The fourth-order valence-electron chi connectivity index (χ4n) is 1.09. The minimum Gasteiger partial charge on any atom is -0.309 e. The zero-order chi connectivity index (χ0) is 8.10. The van der Waals surface area contributed by atoms with E-state index in [1.165, 1.54) is 4.88 Å². The molecule has 62 valence electrons. The molecule has 0 saturated heterocycles. The van der Waals surface area contributed by atoms with Gasteiger partial charge in [0.25, 0.3) is 0 Å². The van der Waals surface area contributed by atoms with Gasteiger partial charge in [-0.25, -0.2) is 0 Å². The third-order valence-electron chi connectivity index (χ3n) is 1.65. The molecule has 2 nitrogen and oxygen atoms in total. The van der Waals surface area contributed by atoms with E-state index in [2.05, 4.69) is 24.1 Å². The lowest BCUT2D eigenvalue weighted by atomic mass is 10.2. The van der Waals surface area contributed by atoms with Crippen LogP contribution in [0.2, 0.25) is 0 Å². The van der Waals surface area contributed by atoms with Gasteiger partial charge < -0.3 is 5.32 Å². The fourth-order valence-corrected chi connectivity index (χ4v) is 1.87. The van der Waals surface area contributed by atoms with Gasteiger partial charge in [0, 0.05) is 17.1 Å². The van der Waals surface area contributed by atoms with Crippen LogP contribution in [0.3, 0.4) is 0 Å². The summed E-state index contributed by atoms with van der Waals surface area (Å²) >= 11 is 1.72. The maximum Gasteiger partial charge on any atom is 0.0794 e. The molecule has 0 saturated carbocycles. The average Bonchev–Trinajstić information content (AvgIpc) is 2.52. The number of nitrogens with one attached hydrogen (secondary N) is 1. The van der Waals surface area contributed by atoms with Gasteiger partial charge in [0.05, 0.1) is 5.51 Å². The van der Waals surface area contributed by atoms with Crippen molar-refractivity contribution in [1.29, 1.82) is 0 Å². The van der Waals surface area contributed by atoms with Crippen molar-refractivity contribution < 1.29 is 0 Å². The molecular weight excluding hydrogens is 156 g/mol. The van der Waals surface area contributed by atoms with Gasteiger partial charge in [0.2, 0.25) is 0 Å². The smallest absolute Gasteiger partial charge is 0.0794 e. The first-order valence-electron chi connectivity index (χ1n) is 4.00. The zero-order valence-electron chi connectivity index (χ0n) is 7.00. The molecule has 11 heavy (non-hydrogen) atoms. The quantitative estimate of drug-likeness (QED) is 0.749. The third-order valence-corrected chi connectivity index (χ3v) is 2.54. The molecule has 0 aromatic carbocycles. The van der Waals surface area contributed by atoms with Crippen molar-refractivity contribution in [3.8, 4) is 0 Å². The number of nitrogens with zero attached hydrogens (tertiary/aromatic N) is 1. The fraction of sp³-hybridized carbons (Fsp3) is 0.625. The number of thiazole rings is 1. The number of rotatable bonds is 4. The molecule has 1 aromatic rings. The summed E-state index contributed by atoms with van der Waals surface area (Å²) in [4.78, 5) is 5.39. The van der Waals surface area contributed by atoms with Crippen LogP contribution in [-0.4, -0.2) is 11.5 Å². The van der Waals surface area contributed by atoms with Crippen LogP contribution in [0, 0.1) is 0 Å². The first kappa shape index (κ1) is 8.68. The summed E-state index contributed by atoms with van der Waals surface area (Å²) in [5, 5.41) is 3.41. The molecule has 0 aliphatic carbocycles. The van der Waals surface area contributed by atoms with E-state index >= 15 is 0 Å². The van der Waals surface area contributed by atoms with Gasteiger partial charge in [0.1, 0.15) is 0 Å². The first-order valence-corrected chi connectivity index (χ1v) is 4.88. The largest absolute Gasteiger partial charge is 0.309 e. The van der Waals surface area contributed by atoms with E-state index in [0.29, 0.717) is 6.04 Å². The summed E-state index contributed by atoms with van der Waals surface area (Å²) in [6, 6.07) is 0.507. The van der Waals surface area contributed by atoms with Crippen LogP contribution in [0.15, 0.2) is 11.7 Å². The van der Waals surface area contributed by atoms with Gasteiger partial charge in [-0.2, -0.15) is 0 Å². The molecular formula is C8H14N2S. The molecule has 0 aliphatic heterocycles. The lowest BCUT2D eigenvalue weighted by molar-refractivity contribution is 0.545. The summed E-state index contributed by atoms with van der Waals surface area (Å²) in [5.74, 6) is 0. The van der Waals surface area contributed by atoms with Gasteiger partial charge in [0.15, 0.2) is 0 Å². The molecule has 1 rings (SSSR count).